The number of aromatic nitrogens is 1. The number of nitrogens with one attached hydrogen (secondary N) is 1. The van der Waals surface area contributed by atoms with Gasteiger partial charge >= 0.3 is 0 Å². The predicted molar refractivity (Wildman–Crippen MR) is 118 cm³/mol. The Morgan fingerprint density at radius 2 is 2.00 bits per heavy atom. The highest BCUT2D eigenvalue weighted by atomic mass is 35.5. The van der Waals surface area contributed by atoms with Crippen molar-refractivity contribution in [2.24, 2.45) is 0 Å². The summed E-state index contributed by atoms with van der Waals surface area (Å²) in [5.74, 6) is 0.477. The molecule has 0 saturated carbocycles. The molecule has 1 aromatic carbocycles. The fraction of sp³-hybridized carbons (Fsp3) is 0.182. The first-order valence-electron chi connectivity index (χ1n) is 9.75. The van der Waals surface area contributed by atoms with E-state index in [1.165, 1.54) is 18.4 Å². The molecule has 4 rings (SSSR count). The molecule has 0 fully saturated rings. The summed E-state index contributed by atoms with van der Waals surface area (Å²) in [6.45, 7) is 1.23. The second-order valence-electron chi connectivity index (χ2n) is 7.14. The number of halogens is 1. The van der Waals surface area contributed by atoms with Crippen LogP contribution in [0.3, 0.4) is 0 Å². The normalized spacial score (nSPS) is 12.8. The van der Waals surface area contributed by atoms with Crippen LogP contribution in [-0.4, -0.2) is 30.2 Å². The molecule has 1 atom stereocenters. The van der Waals surface area contributed by atoms with Crippen molar-refractivity contribution in [3.8, 4) is 0 Å². The number of sulfonamides is 1. The van der Waals surface area contributed by atoms with Crippen LogP contribution in [0.4, 0.5) is 0 Å². The van der Waals surface area contributed by atoms with Gasteiger partial charge in [0.25, 0.3) is 0 Å². The van der Waals surface area contributed by atoms with Crippen LogP contribution in [0.15, 0.2) is 80.8 Å². The smallest absolute Gasteiger partial charge is 0.245 e. The molecule has 8 nitrogen and oxygen atoms in total. The van der Waals surface area contributed by atoms with Gasteiger partial charge in [-0.3, -0.25) is 4.79 Å². The molecular weight excluding hydrogens is 454 g/mol. The Labute approximate surface area is 189 Å². The van der Waals surface area contributed by atoms with E-state index >= 15 is 0 Å². The van der Waals surface area contributed by atoms with E-state index < -0.39 is 28.5 Å². The van der Waals surface area contributed by atoms with Crippen molar-refractivity contribution in [1.29, 1.82) is 0 Å². The molecule has 0 aliphatic heterocycles. The quantitative estimate of drug-likeness (QED) is 0.385. The van der Waals surface area contributed by atoms with Crippen LogP contribution in [0.25, 0.3) is 11.0 Å². The van der Waals surface area contributed by atoms with E-state index in [-0.39, 0.29) is 16.6 Å². The van der Waals surface area contributed by atoms with E-state index in [1.54, 1.807) is 19.1 Å². The van der Waals surface area contributed by atoms with Gasteiger partial charge in [0.05, 0.1) is 25.4 Å². The largest absolute Gasteiger partial charge is 0.468 e. The Balaban J connectivity index is 1.53. The summed E-state index contributed by atoms with van der Waals surface area (Å²) in [6, 6.07) is 14.9. The maximum atomic E-state index is 13.2. The minimum absolute atomic E-state index is 0.0772. The highest BCUT2D eigenvalue weighted by Gasteiger charge is 2.29. The number of benzene rings is 1. The van der Waals surface area contributed by atoms with Crippen molar-refractivity contribution in [2.45, 2.75) is 24.4 Å². The summed E-state index contributed by atoms with van der Waals surface area (Å²) in [6.07, 6.45) is 2.59. The lowest BCUT2D eigenvalue weighted by molar-refractivity contribution is -0.122. The maximum Gasteiger partial charge on any atom is 0.245 e. The van der Waals surface area contributed by atoms with Crippen LogP contribution < -0.4 is 5.32 Å². The SMILES string of the molecule is CC(NC(=O)CN(Cc1ccco1)S(=O)(=O)c1ccc(Cl)nc1)c1cc2ccccc2o1. The lowest BCUT2D eigenvalue weighted by Gasteiger charge is -2.21. The second-order valence-corrected chi connectivity index (χ2v) is 9.47. The number of hydrogen-bond acceptors (Lipinski definition) is 6. The lowest BCUT2D eigenvalue weighted by Crippen LogP contribution is -2.41. The summed E-state index contributed by atoms with van der Waals surface area (Å²) in [4.78, 5) is 16.5. The summed E-state index contributed by atoms with van der Waals surface area (Å²) in [5.41, 5.74) is 0.709. The second kappa shape index (κ2) is 9.15. The predicted octanol–water partition coefficient (Wildman–Crippen LogP) is 4.14. The van der Waals surface area contributed by atoms with Crippen molar-refractivity contribution < 1.29 is 22.0 Å². The minimum Gasteiger partial charge on any atom is -0.468 e. The number of nitrogens with zero attached hydrogens (tertiary/aromatic N) is 2. The van der Waals surface area contributed by atoms with Gasteiger partial charge in [-0.15, -0.1) is 0 Å². The van der Waals surface area contributed by atoms with Crippen molar-refractivity contribution >= 4 is 38.5 Å². The van der Waals surface area contributed by atoms with Crippen LogP contribution in [0, 0.1) is 0 Å². The van der Waals surface area contributed by atoms with E-state index in [2.05, 4.69) is 10.3 Å². The molecule has 10 heteroatoms. The molecule has 1 N–H and O–H groups in total. The van der Waals surface area contributed by atoms with Gasteiger partial charge in [0, 0.05) is 11.6 Å². The summed E-state index contributed by atoms with van der Waals surface area (Å²) in [7, 11) is -4.04. The van der Waals surface area contributed by atoms with Crippen LogP contribution >= 0.6 is 11.6 Å². The molecule has 4 aromatic rings. The first-order chi connectivity index (χ1) is 15.3. The number of para-hydroxylation sites is 1. The molecule has 3 aromatic heterocycles. The van der Waals surface area contributed by atoms with Crippen molar-refractivity contribution in [3.63, 3.8) is 0 Å². The number of hydrogen-bond donors (Lipinski definition) is 1. The fourth-order valence-electron chi connectivity index (χ4n) is 3.20. The number of fused-ring (bicyclic) bond motifs is 1. The Hall–Kier alpha value is -3.14. The zero-order chi connectivity index (χ0) is 22.7. The molecule has 0 saturated heterocycles. The summed E-state index contributed by atoms with van der Waals surface area (Å²) < 4.78 is 38.5. The zero-order valence-corrected chi connectivity index (χ0v) is 18.6. The van der Waals surface area contributed by atoms with Gasteiger partial charge in [0.15, 0.2) is 0 Å². The molecule has 1 amide bonds. The van der Waals surface area contributed by atoms with Crippen LogP contribution in [0.2, 0.25) is 5.15 Å². The number of carbonyl (C=O) groups is 1. The molecule has 0 aliphatic carbocycles. The first kappa shape index (κ1) is 22.1. The van der Waals surface area contributed by atoms with Crippen molar-refractivity contribution in [2.75, 3.05) is 6.54 Å². The molecule has 32 heavy (non-hydrogen) atoms. The number of amides is 1. The highest BCUT2D eigenvalue weighted by Crippen LogP contribution is 2.24. The van der Waals surface area contributed by atoms with Gasteiger partial charge in [-0.2, -0.15) is 4.31 Å². The average Bonchev–Trinajstić information content (AvgIpc) is 3.43. The van der Waals surface area contributed by atoms with E-state index in [0.717, 1.165) is 15.9 Å². The number of carbonyl (C=O) groups excluding carboxylic acids is 1. The molecule has 0 aliphatic rings. The number of pyridine rings is 1. The third-order valence-corrected chi connectivity index (χ3v) is 6.82. The third-order valence-electron chi connectivity index (χ3n) is 4.82. The van der Waals surface area contributed by atoms with Crippen molar-refractivity contribution in [1.82, 2.24) is 14.6 Å². The lowest BCUT2D eigenvalue weighted by atomic mass is 10.2. The van der Waals surface area contributed by atoms with Gasteiger partial charge in [-0.1, -0.05) is 29.8 Å². The van der Waals surface area contributed by atoms with Gasteiger partial charge in [0.2, 0.25) is 15.9 Å². The average molecular weight is 474 g/mol. The summed E-state index contributed by atoms with van der Waals surface area (Å²) >= 11 is 5.78. The van der Waals surface area contributed by atoms with Gasteiger partial charge in [-0.05, 0) is 43.3 Å². The van der Waals surface area contributed by atoms with Gasteiger partial charge in [-0.25, -0.2) is 13.4 Å². The van der Waals surface area contributed by atoms with E-state index in [1.807, 2.05) is 30.3 Å². The molecule has 0 spiro atoms. The van der Waals surface area contributed by atoms with Crippen LogP contribution in [0.5, 0.6) is 0 Å². The zero-order valence-electron chi connectivity index (χ0n) is 17.1. The van der Waals surface area contributed by atoms with Gasteiger partial charge < -0.3 is 14.2 Å². The Kier molecular flexibility index (Phi) is 6.31. The molecule has 3 heterocycles. The van der Waals surface area contributed by atoms with Gasteiger partial charge in [0.1, 0.15) is 27.2 Å². The summed E-state index contributed by atoms with van der Waals surface area (Å²) in [5, 5.41) is 3.88. The Morgan fingerprint density at radius 3 is 2.69 bits per heavy atom. The molecular formula is C22H20ClN3O5S. The van der Waals surface area contributed by atoms with Crippen molar-refractivity contribution in [3.05, 3.63) is 83.7 Å². The standard InChI is InChI=1S/C22H20ClN3O5S/c1-15(20-11-16-5-2-3-7-19(16)31-20)25-22(27)14-26(13-17-6-4-10-30-17)32(28,29)18-8-9-21(23)24-12-18/h2-12,15H,13-14H2,1H3,(H,25,27). The fourth-order valence-corrected chi connectivity index (χ4v) is 4.62. The number of furan rings is 2. The van der Waals surface area contributed by atoms with Crippen LogP contribution in [-0.2, 0) is 21.4 Å². The third kappa shape index (κ3) is 4.85. The van der Waals surface area contributed by atoms with Crippen LogP contribution in [0.1, 0.15) is 24.5 Å². The first-order valence-corrected chi connectivity index (χ1v) is 11.6. The highest BCUT2D eigenvalue weighted by molar-refractivity contribution is 7.89. The molecule has 1 unspecified atom stereocenters. The van der Waals surface area contributed by atoms with E-state index in [4.69, 9.17) is 20.4 Å². The maximum absolute atomic E-state index is 13.2. The van der Waals surface area contributed by atoms with E-state index in [0.29, 0.717) is 17.1 Å². The van der Waals surface area contributed by atoms with E-state index in [9.17, 15) is 13.2 Å². The molecule has 166 valence electrons. The molecule has 0 radical (unpaired) electrons. The Bertz CT molecular complexity index is 1280. The number of rotatable bonds is 8. The Morgan fingerprint density at radius 1 is 1.19 bits per heavy atom. The topological polar surface area (TPSA) is 106 Å². The monoisotopic (exact) mass is 473 g/mol. The molecule has 0 bridgehead atoms. The minimum atomic E-state index is -4.04.